The molecule has 1 atom stereocenters. The lowest BCUT2D eigenvalue weighted by Crippen LogP contribution is -2.29. The molecule has 0 saturated heterocycles. The fourth-order valence-corrected chi connectivity index (χ4v) is 3.67. The zero-order valence-corrected chi connectivity index (χ0v) is 15.2. The number of halogens is 2. The van der Waals surface area contributed by atoms with Crippen LogP contribution in [0.2, 0.25) is 0 Å². The monoisotopic (exact) mass is 412 g/mol. The van der Waals surface area contributed by atoms with Crippen molar-refractivity contribution >= 4 is 31.9 Å². The Labute approximate surface area is 142 Å². The van der Waals surface area contributed by atoms with Gasteiger partial charge >= 0.3 is 0 Å². The van der Waals surface area contributed by atoms with E-state index in [-0.39, 0.29) is 6.04 Å². The number of rotatable bonds is 5. The van der Waals surface area contributed by atoms with Gasteiger partial charge in [-0.1, -0.05) is 49.6 Å². The minimum absolute atomic E-state index is 0.00880. The SMILES string of the molecule is COc1ccc(C)cc1CC(NN)c1cc(Br)cc(Br)c1. The molecule has 2 aromatic carbocycles. The molecule has 0 saturated carbocycles. The second kappa shape index (κ2) is 7.40. The predicted molar refractivity (Wildman–Crippen MR) is 93.3 cm³/mol. The summed E-state index contributed by atoms with van der Waals surface area (Å²) in [7, 11) is 1.69. The Hall–Kier alpha value is -0.880. The second-order valence-corrected chi connectivity index (χ2v) is 6.77. The molecule has 0 aromatic heterocycles. The molecule has 0 bridgehead atoms. The topological polar surface area (TPSA) is 47.3 Å². The summed E-state index contributed by atoms with van der Waals surface area (Å²) in [5, 5.41) is 0. The average Bonchev–Trinajstić information content (AvgIpc) is 2.43. The van der Waals surface area contributed by atoms with E-state index >= 15 is 0 Å². The first-order valence-corrected chi connectivity index (χ1v) is 8.17. The molecule has 112 valence electrons. The normalized spacial score (nSPS) is 12.2. The van der Waals surface area contributed by atoms with Crippen molar-refractivity contribution in [1.29, 1.82) is 0 Å². The summed E-state index contributed by atoms with van der Waals surface area (Å²) in [5.74, 6) is 6.65. The van der Waals surface area contributed by atoms with Crippen LogP contribution in [-0.2, 0) is 6.42 Å². The summed E-state index contributed by atoms with van der Waals surface area (Å²) in [5.41, 5.74) is 6.35. The van der Waals surface area contributed by atoms with E-state index in [4.69, 9.17) is 10.6 Å². The molecule has 0 aliphatic heterocycles. The van der Waals surface area contributed by atoms with Crippen molar-refractivity contribution in [2.75, 3.05) is 7.11 Å². The summed E-state index contributed by atoms with van der Waals surface area (Å²) in [6.45, 7) is 2.07. The standard InChI is InChI=1S/C16H18Br2N2O/c1-10-3-4-16(21-2)12(5-10)8-15(20-19)11-6-13(17)9-14(18)7-11/h3-7,9,15,20H,8,19H2,1-2H3. The molecule has 3 N–H and O–H groups in total. The van der Waals surface area contributed by atoms with Gasteiger partial charge in [0.15, 0.2) is 0 Å². The van der Waals surface area contributed by atoms with Crippen molar-refractivity contribution in [2.24, 2.45) is 5.84 Å². The van der Waals surface area contributed by atoms with Crippen molar-refractivity contribution in [3.05, 3.63) is 62.0 Å². The van der Waals surface area contributed by atoms with Crippen molar-refractivity contribution in [3.8, 4) is 5.75 Å². The minimum Gasteiger partial charge on any atom is -0.496 e. The van der Waals surface area contributed by atoms with Gasteiger partial charge in [-0.25, -0.2) is 0 Å². The van der Waals surface area contributed by atoms with Crippen LogP contribution in [0.3, 0.4) is 0 Å². The van der Waals surface area contributed by atoms with E-state index in [9.17, 15) is 0 Å². The molecule has 2 aromatic rings. The number of methoxy groups -OCH3 is 1. The van der Waals surface area contributed by atoms with Gasteiger partial charge in [-0.2, -0.15) is 0 Å². The molecule has 0 amide bonds. The second-order valence-electron chi connectivity index (χ2n) is 4.94. The zero-order chi connectivity index (χ0) is 15.4. The molecule has 0 spiro atoms. The number of nitrogens with two attached hydrogens (primary N) is 1. The molecule has 0 fully saturated rings. The van der Waals surface area contributed by atoms with E-state index in [1.54, 1.807) is 7.11 Å². The Bertz CT molecular complexity index is 611. The molecule has 3 nitrogen and oxygen atoms in total. The van der Waals surface area contributed by atoms with Crippen LogP contribution in [0.15, 0.2) is 45.3 Å². The van der Waals surface area contributed by atoms with Gasteiger partial charge in [-0.15, -0.1) is 0 Å². The first kappa shape index (κ1) is 16.5. The van der Waals surface area contributed by atoms with E-state index in [0.717, 1.165) is 32.2 Å². The summed E-state index contributed by atoms with van der Waals surface area (Å²) in [4.78, 5) is 0. The van der Waals surface area contributed by atoms with E-state index in [1.807, 2.05) is 18.2 Å². The molecule has 2 rings (SSSR count). The predicted octanol–water partition coefficient (Wildman–Crippen LogP) is 4.28. The van der Waals surface area contributed by atoms with Crippen LogP contribution >= 0.6 is 31.9 Å². The Morgan fingerprint density at radius 2 is 1.81 bits per heavy atom. The molecule has 0 aliphatic carbocycles. The zero-order valence-electron chi connectivity index (χ0n) is 12.0. The third kappa shape index (κ3) is 4.30. The highest BCUT2D eigenvalue weighted by Gasteiger charge is 2.15. The number of hydrogen-bond acceptors (Lipinski definition) is 3. The molecular weight excluding hydrogens is 396 g/mol. The fourth-order valence-electron chi connectivity index (χ4n) is 2.34. The lowest BCUT2D eigenvalue weighted by atomic mass is 9.97. The van der Waals surface area contributed by atoms with E-state index in [0.29, 0.717) is 0 Å². The number of aryl methyl sites for hydroxylation is 1. The van der Waals surface area contributed by atoms with Crippen molar-refractivity contribution in [3.63, 3.8) is 0 Å². The number of hydrogen-bond donors (Lipinski definition) is 2. The molecule has 0 heterocycles. The first-order chi connectivity index (χ1) is 10.0. The number of benzene rings is 2. The summed E-state index contributed by atoms with van der Waals surface area (Å²) >= 11 is 7.02. The highest BCUT2D eigenvalue weighted by Crippen LogP contribution is 2.29. The highest BCUT2D eigenvalue weighted by molar-refractivity contribution is 9.11. The lowest BCUT2D eigenvalue weighted by molar-refractivity contribution is 0.405. The van der Waals surface area contributed by atoms with Crippen molar-refractivity contribution in [1.82, 2.24) is 5.43 Å². The Morgan fingerprint density at radius 1 is 1.14 bits per heavy atom. The molecule has 5 heteroatoms. The van der Waals surface area contributed by atoms with Gasteiger partial charge in [-0.3, -0.25) is 11.3 Å². The van der Waals surface area contributed by atoms with Crippen LogP contribution in [0.5, 0.6) is 5.75 Å². The summed E-state index contributed by atoms with van der Waals surface area (Å²) in [6.07, 6.45) is 0.754. The largest absolute Gasteiger partial charge is 0.496 e. The number of ether oxygens (including phenoxy) is 1. The third-order valence-electron chi connectivity index (χ3n) is 3.35. The van der Waals surface area contributed by atoms with Crippen LogP contribution in [0.4, 0.5) is 0 Å². The minimum atomic E-state index is 0.00880. The maximum atomic E-state index is 5.76. The third-order valence-corrected chi connectivity index (χ3v) is 4.26. The molecule has 0 aliphatic rings. The Kier molecular flexibility index (Phi) is 5.81. The highest BCUT2D eigenvalue weighted by atomic mass is 79.9. The van der Waals surface area contributed by atoms with Gasteiger partial charge in [0.25, 0.3) is 0 Å². The fraction of sp³-hybridized carbons (Fsp3) is 0.250. The van der Waals surface area contributed by atoms with Crippen LogP contribution in [0.1, 0.15) is 22.7 Å². The van der Waals surface area contributed by atoms with E-state index in [2.05, 4.69) is 62.4 Å². The maximum absolute atomic E-state index is 5.76. The number of nitrogens with one attached hydrogen (secondary N) is 1. The van der Waals surface area contributed by atoms with Crippen molar-refractivity contribution in [2.45, 2.75) is 19.4 Å². The van der Waals surface area contributed by atoms with E-state index < -0.39 is 0 Å². The smallest absolute Gasteiger partial charge is 0.122 e. The summed E-state index contributed by atoms with van der Waals surface area (Å²) < 4.78 is 7.48. The molecule has 0 radical (unpaired) electrons. The number of hydrazine groups is 1. The molecule has 21 heavy (non-hydrogen) atoms. The van der Waals surface area contributed by atoms with Gasteiger partial charge in [0.05, 0.1) is 13.2 Å². The molecular formula is C16H18Br2N2O. The van der Waals surface area contributed by atoms with Gasteiger partial charge < -0.3 is 4.74 Å². The van der Waals surface area contributed by atoms with Gasteiger partial charge in [0, 0.05) is 8.95 Å². The molecule has 1 unspecified atom stereocenters. The van der Waals surface area contributed by atoms with Crippen LogP contribution in [-0.4, -0.2) is 7.11 Å². The Balaban J connectivity index is 2.32. The van der Waals surface area contributed by atoms with Gasteiger partial charge in [-0.05, 0) is 48.7 Å². The van der Waals surface area contributed by atoms with Crippen LogP contribution in [0.25, 0.3) is 0 Å². The van der Waals surface area contributed by atoms with Crippen LogP contribution < -0.4 is 16.0 Å². The Morgan fingerprint density at radius 3 is 2.38 bits per heavy atom. The lowest BCUT2D eigenvalue weighted by Gasteiger charge is -2.19. The average molecular weight is 414 g/mol. The maximum Gasteiger partial charge on any atom is 0.122 e. The summed E-state index contributed by atoms with van der Waals surface area (Å²) in [6, 6.07) is 12.3. The quantitative estimate of drug-likeness (QED) is 0.568. The van der Waals surface area contributed by atoms with Crippen molar-refractivity contribution < 1.29 is 4.74 Å². The van der Waals surface area contributed by atoms with Gasteiger partial charge in [0.1, 0.15) is 5.75 Å². The van der Waals surface area contributed by atoms with Gasteiger partial charge in [0.2, 0.25) is 0 Å². The van der Waals surface area contributed by atoms with Crippen LogP contribution in [0, 0.1) is 6.92 Å². The van der Waals surface area contributed by atoms with E-state index in [1.165, 1.54) is 5.56 Å². The first-order valence-electron chi connectivity index (χ1n) is 6.59.